The molecule has 0 saturated carbocycles. The molecule has 0 N–H and O–H groups in total. The topological polar surface area (TPSA) is 21.7 Å². The summed E-state index contributed by atoms with van der Waals surface area (Å²) in [6.45, 7) is 9.11. The van der Waals surface area contributed by atoms with Crippen LogP contribution in [0.2, 0.25) is 0 Å². The van der Waals surface area contributed by atoms with Gasteiger partial charge in [-0.3, -0.25) is 0 Å². The molecule has 0 aromatic rings. The van der Waals surface area contributed by atoms with Crippen LogP contribution in [-0.4, -0.2) is 43.4 Å². The summed E-state index contributed by atoms with van der Waals surface area (Å²) in [6, 6.07) is 0.243. The summed E-state index contributed by atoms with van der Waals surface area (Å²) in [5.41, 5.74) is 0. The Bertz CT molecular complexity index is 307. The lowest BCUT2D eigenvalue weighted by Crippen LogP contribution is -2.32. The fourth-order valence-electron chi connectivity index (χ4n) is 2.53. The SMILES string of the molecule is C=CC/C(F)=C/N1CC[C@@H](OC)[C@@H](OCC)C[C@H]1C. The van der Waals surface area contributed by atoms with Gasteiger partial charge in [-0.2, -0.15) is 0 Å². The van der Waals surface area contributed by atoms with E-state index in [1.54, 1.807) is 19.4 Å². The van der Waals surface area contributed by atoms with Gasteiger partial charge in [0.05, 0.1) is 12.2 Å². The number of nitrogens with zero attached hydrogens (tertiary/aromatic N) is 1. The first kappa shape index (κ1) is 16.2. The summed E-state index contributed by atoms with van der Waals surface area (Å²) in [5, 5.41) is 0. The Morgan fingerprint density at radius 2 is 2.21 bits per heavy atom. The molecule has 0 bridgehead atoms. The molecule has 0 spiro atoms. The molecule has 1 aliphatic heterocycles. The second-order valence-electron chi connectivity index (χ2n) is 4.95. The van der Waals surface area contributed by atoms with E-state index in [1.807, 2.05) is 11.8 Å². The number of methoxy groups -OCH3 is 1. The molecule has 110 valence electrons. The van der Waals surface area contributed by atoms with Gasteiger partial charge in [0.25, 0.3) is 0 Å². The third kappa shape index (κ3) is 4.96. The van der Waals surface area contributed by atoms with Crippen molar-refractivity contribution in [1.82, 2.24) is 4.90 Å². The maximum absolute atomic E-state index is 13.6. The van der Waals surface area contributed by atoms with Crippen LogP contribution in [0.25, 0.3) is 0 Å². The molecule has 1 heterocycles. The number of hydrogen-bond donors (Lipinski definition) is 0. The first-order valence-corrected chi connectivity index (χ1v) is 6.99. The molecular weight excluding hydrogens is 245 g/mol. The van der Waals surface area contributed by atoms with Crippen LogP contribution in [0.5, 0.6) is 0 Å². The van der Waals surface area contributed by atoms with E-state index in [0.717, 1.165) is 19.4 Å². The van der Waals surface area contributed by atoms with Gasteiger partial charge < -0.3 is 14.4 Å². The van der Waals surface area contributed by atoms with Crippen molar-refractivity contribution >= 4 is 0 Å². The van der Waals surface area contributed by atoms with E-state index in [2.05, 4.69) is 13.5 Å². The minimum Gasteiger partial charge on any atom is -0.379 e. The lowest BCUT2D eigenvalue weighted by Gasteiger charge is -2.27. The maximum Gasteiger partial charge on any atom is 0.119 e. The highest BCUT2D eigenvalue weighted by Crippen LogP contribution is 2.23. The average molecular weight is 271 g/mol. The number of likely N-dealkylation sites (tertiary alicyclic amines) is 1. The van der Waals surface area contributed by atoms with Gasteiger partial charge in [-0.25, -0.2) is 4.39 Å². The second-order valence-corrected chi connectivity index (χ2v) is 4.95. The van der Waals surface area contributed by atoms with Gasteiger partial charge in [0, 0.05) is 38.9 Å². The standard InChI is InChI=1S/C15H26FNO2/c1-5-7-13(16)11-17-9-8-14(18-4)15(19-6-2)10-12(17)3/h5,11-12,14-15H,1,6-10H2,2-4H3/b13-11-/t12-,14-,15+/m1/s1. The Hall–Kier alpha value is -0.870. The molecule has 1 rings (SSSR count). The van der Waals surface area contributed by atoms with Crippen molar-refractivity contribution in [2.45, 2.75) is 51.4 Å². The number of halogens is 1. The minimum absolute atomic E-state index is 0.0864. The molecule has 0 unspecified atom stereocenters. The van der Waals surface area contributed by atoms with Crippen molar-refractivity contribution in [1.29, 1.82) is 0 Å². The Balaban J connectivity index is 2.72. The Morgan fingerprint density at radius 1 is 1.47 bits per heavy atom. The van der Waals surface area contributed by atoms with E-state index in [1.165, 1.54) is 0 Å². The van der Waals surface area contributed by atoms with Gasteiger partial charge in [-0.1, -0.05) is 6.08 Å². The molecule has 0 aromatic heterocycles. The van der Waals surface area contributed by atoms with Gasteiger partial charge in [0.2, 0.25) is 0 Å². The Morgan fingerprint density at radius 3 is 2.79 bits per heavy atom. The molecule has 3 atom stereocenters. The largest absolute Gasteiger partial charge is 0.379 e. The van der Waals surface area contributed by atoms with Crippen LogP contribution in [0.15, 0.2) is 24.7 Å². The Kier molecular flexibility index (Phi) is 7.10. The lowest BCUT2D eigenvalue weighted by atomic mass is 10.1. The first-order chi connectivity index (χ1) is 9.12. The molecule has 1 aliphatic rings. The highest BCUT2D eigenvalue weighted by atomic mass is 19.1. The van der Waals surface area contributed by atoms with Gasteiger partial charge >= 0.3 is 0 Å². The lowest BCUT2D eigenvalue weighted by molar-refractivity contribution is -0.0553. The van der Waals surface area contributed by atoms with Crippen molar-refractivity contribution in [3.63, 3.8) is 0 Å². The summed E-state index contributed by atoms with van der Waals surface area (Å²) >= 11 is 0. The van der Waals surface area contributed by atoms with Crippen LogP contribution < -0.4 is 0 Å². The van der Waals surface area contributed by atoms with Crippen molar-refractivity contribution in [3.05, 3.63) is 24.7 Å². The van der Waals surface area contributed by atoms with E-state index in [4.69, 9.17) is 9.47 Å². The fourth-order valence-corrected chi connectivity index (χ4v) is 2.53. The molecule has 1 fully saturated rings. The zero-order valence-corrected chi connectivity index (χ0v) is 12.3. The van der Waals surface area contributed by atoms with Gasteiger partial charge in [-0.15, -0.1) is 6.58 Å². The van der Waals surface area contributed by atoms with E-state index >= 15 is 0 Å². The van der Waals surface area contributed by atoms with E-state index < -0.39 is 0 Å². The Labute approximate surface area is 116 Å². The van der Waals surface area contributed by atoms with E-state index in [0.29, 0.717) is 6.61 Å². The molecule has 0 aromatic carbocycles. The second kappa shape index (κ2) is 8.33. The van der Waals surface area contributed by atoms with Crippen molar-refractivity contribution in [2.24, 2.45) is 0 Å². The highest BCUT2D eigenvalue weighted by Gasteiger charge is 2.29. The van der Waals surface area contributed by atoms with Crippen LogP contribution in [0.3, 0.4) is 0 Å². The zero-order valence-electron chi connectivity index (χ0n) is 12.3. The van der Waals surface area contributed by atoms with Crippen LogP contribution in [0.4, 0.5) is 4.39 Å². The normalized spacial score (nSPS) is 29.2. The van der Waals surface area contributed by atoms with Crippen LogP contribution >= 0.6 is 0 Å². The summed E-state index contributed by atoms with van der Waals surface area (Å²) in [5.74, 6) is -0.148. The van der Waals surface area contributed by atoms with Gasteiger partial charge in [0.15, 0.2) is 0 Å². The molecule has 0 radical (unpaired) electrons. The van der Waals surface area contributed by atoms with E-state index in [9.17, 15) is 4.39 Å². The smallest absolute Gasteiger partial charge is 0.119 e. The quantitative estimate of drug-likeness (QED) is 0.692. The predicted octanol–water partition coefficient (Wildman–Crippen LogP) is 3.28. The van der Waals surface area contributed by atoms with Crippen molar-refractivity contribution < 1.29 is 13.9 Å². The predicted molar refractivity (Wildman–Crippen MR) is 75.6 cm³/mol. The molecule has 0 amide bonds. The summed E-state index contributed by atoms with van der Waals surface area (Å²) in [6.07, 6.45) is 5.34. The summed E-state index contributed by atoms with van der Waals surface area (Å²) < 4.78 is 24.9. The molecular formula is C15H26FNO2. The van der Waals surface area contributed by atoms with E-state index in [-0.39, 0.29) is 30.5 Å². The third-order valence-corrected chi connectivity index (χ3v) is 3.55. The van der Waals surface area contributed by atoms with Crippen molar-refractivity contribution in [2.75, 3.05) is 20.3 Å². The highest BCUT2D eigenvalue weighted by molar-refractivity contribution is 4.99. The summed E-state index contributed by atoms with van der Waals surface area (Å²) in [7, 11) is 1.71. The molecule has 3 nitrogen and oxygen atoms in total. The van der Waals surface area contributed by atoms with Gasteiger partial charge in [0.1, 0.15) is 5.83 Å². The monoisotopic (exact) mass is 271 g/mol. The first-order valence-electron chi connectivity index (χ1n) is 6.99. The molecule has 1 saturated heterocycles. The minimum atomic E-state index is -0.148. The average Bonchev–Trinajstić information content (AvgIpc) is 2.51. The van der Waals surface area contributed by atoms with Gasteiger partial charge in [-0.05, 0) is 26.7 Å². The summed E-state index contributed by atoms with van der Waals surface area (Å²) in [4.78, 5) is 2.05. The zero-order chi connectivity index (χ0) is 14.3. The number of hydrogen-bond acceptors (Lipinski definition) is 3. The molecule has 0 aliphatic carbocycles. The number of allylic oxidation sites excluding steroid dienone is 2. The maximum atomic E-state index is 13.6. The fraction of sp³-hybridized carbons (Fsp3) is 0.733. The van der Waals surface area contributed by atoms with Crippen LogP contribution in [0.1, 0.15) is 33.1 Å². The number of rotatable bonds is 6. The number of ether oxygens (including phenoxy) is 2. The van der Waals surface area contributed by atoms with Crippen LogP contribution in [-0.2, 0) is 9.47 Å². The molecule has 4 heteroatoms. The molecule has 19 heavy (non-hydrogen) atoms. The van der Waals surface area contributed by atoms with Crippen LogP contribution in [0, 0.1) is 0 Å². The van der Waals surface area contributed by atoms with Crippen molar-refractivity contribution in [3.8, 4) is 0 Å². The third-order valence-electron chi connectivity index (χ3n) is 3.55.